The predicted octanol–water partition coefficient (Wildman–Crippen LogP) is 6.91. The third-order valence-electron chi connectivity index (χ3n) is 8.82. The Balaban J connectivity index is 1.73. The van der Waals surface area contributed by atoms with Crippen LogP contribution in [-0.2, 0) is 9.59 Å². The molecule has 2 N–H and O–H groups in total. The van der Waals surface area contributed by atoms with Crippen LogP contribution in [0.1, 0.15) is 107 Å². The number of carbonyl (C=O) groups is 3. The molecule has 0 bridgehead atoms. The fourth-order valence-corrected chi connectivity index (χ4v) is 6.25. The van der Waals surface area contributed by atoms with Gasteiger partial charge in [0.15, 0.2) is 11.6 Å². The van der Waals surface area contributed by atoms with E-state index in [1.807, 2.05) is 17.0 Å². The predicted molar refractivity (Wildman–Crippen MR) is 162 cm³/mol. The Bertz CT molecular complexity index is 1370. The summed E-state index contributed by atoms with van der Waals surface area (Å²) in [7, 11) is 0. The molecule has 2 amide bonds. The van der Waals surface area contributed by atoms with Crippen molar-refractivity contribution in [2.75, 3.05) is 6.54 Å². The molecule has 1 spiro atoms. The molecule has 1 atom stereocenters. The van der Waals surface area contributed by atoms with E-state index in [1.165, 1.54) is 6.07 Å². The first-order valence-corrected chi connectivity index (χ1v) is 15.2. The van der Waals surface area contributed by atoms with Crippen LogP contribution in [0.3, 0.4) is 0 Å². The minimum Gasteiger partial charge on any atom is -0.481 e. The first kappa shape index (κ1) is 32.3. The summed E-state index contributed by atoms with van der Waals surface area (Å²) in [6.45, 7) is 10.9. The number of carbonyl (C=O) groups excluding carboxylic acids is 2. The molecule has 43 heavy (non-hydrogen) atoms. The maximum atomic E-state index is 14.3. The zero-order valence-corrected chi connectivity index (χ0v) is 25.8. The second kappa shape index (κ2) is 12.9. The zero-order valence-electron chi connectivity index (χ0n) is 25.8. The molecule has 1 saturated carbocycles. The molecule has 1 aliphatic carbocycles. The number of halogens is 2. The maximum absolute atomic E-state index is 14.3. The van der Waals surface area contributed by atoms with Crippen LogP contribution >= 0.6 is 0 Å². The highest BCUT2D eigenvalue weighted by atomic mass is 19.2. The van der Waals surface area contributed by atoms with E-state index in [9.17, 15) is 23.2 Å². The van der Waals surface area contributed by atoms with Crippen LogP contribution in [0.5, 0.6) is 0 Å². The normalized spacial score (nSPS) is 21.3. The van der Waals surface area contributed by atoms with Crippen LogP contribution < -0.4 is 5.32 Å². The van der Waals surface area contributed by atoms with Gasteiger partial charge < -0.3 is 15.3 Å². The van der Waals surface area contributed by atoms with Gasteiger partial charge >= 0.3 is 5.97 Å². The van der Waals surface area contributed by atoms with Crippen LogP contribution in [0, 0.1) is 28.9 Å². The van der Waals surface area contributed by atoms with Gasteiger partial charge in [0, 0.05) is 17.7 Å². The van der Waals surface area contributed by atoms with Crippen LogP contribution in [0.15, 0.2) is 47.5 Å². The van der Waals surface area contributed by atoms with Gasteiger partial charge in [0.2, 0.25) is 0 Å². The highest BCUT2D eigenvalue weighted by Crippen LogP contribution is 2.48. The Morgan fingerprint density at radius 1 is 1.07 bits per heavy atom. The topological polar surface area (TPSA) is 99.1 Å². The highest BCUT2D eigenvalue weighted by molar-refractivity contribution is 6.46. The van der Waals surface area contributed by atoms with Gasteiger partial charge in [-0.1, -0.05) is 46.8 Å². The number of carboxylic acid groups (broad SMARTS) is 1. The third kappa shape index (κ3) is 7.48. The molecule has 2 aromatic carbocycles. The van der Waals surface area contributed by atoms with E-state index < -0.39 is 23.3 Å². The van der Waals surface area contributed by atoms with Crippen molar-refractivity contribution in [3.8, 4) is 0 Å². The van der Waals surface area contributed by atoms with Crippen LogP contribution in [-0.4, -0.2) is 45.7 Å². The van der Waals surface area contributed by atoms with Crippen molar-refractivity contribution in [2.24, 2.45) is 22.2 Å². The summed E-state index contributed by atoms with van der Waals surface area (Å²) in [6.07, 6.45) is 4.43. The van der Waals surface area contributed by atoms with Gasteiger partial charge in [-0.2, -0.15) is 0 Å². The molecule has 2 aromatic rings. The van der Waals surface area contributed by atoms with Crippen molar-refractivity contribution < 1.29 is 28.3 Å². The fraction of sp³-hybridized carbons (Fsp3) is 0.529. The second-order valence-corrected chi connectivity index (χ2v) is 13.5. The Labute approximate surface area is 252 Å². The number of aliphatic imine (C=N–C) groups is 1. The average molecular weight is 596 g/mol. The molecule has 2 aliphatic rings. The number of aliphatic carboxylic acids is 1. The minimum atomic E-state index is -1.02. The molecule has 7 nitrogen and oxygen atoms in total. The summed E-state index contributed by atoms with van der Waals surface area (Å²) in [5.41, 5.74) is 0.834. The monoisotopic (exact) mass is 595 g/mol. The van der Waals surface area contributed by atoms with Gasteiger partial charge in [-0.3, -0.25) is 19.4 Å². The molecule has 4 rings (SSSR count). The van der Waals surface area contributed by atoms with E-state index in [1.54, 1.807) is 12.1 Å². The molecule has 0 aromatic heterocycles. The van der Waals surface area contributed by atoms with Crippen molar-refractivity contribution in [2.45, 2.75) is 91.3 Å². The smallest absolute Gasteiger partial charge is 0.305 e. The lowest BCUT2D eigenvalue weighted by atomic mass is 9.75. The van der Waals surface area contributed by atoms with Crippen molar-refractivity contribution in [1.29, 1.82) is 0 Å². The lowest BCUT2D eigenvalue weighted by Gasteiger charge is -2.46. The Morgan fingerprint density at radius 2 is 1.72 bits per heavy atom. The Hall–Kier alpha value is -3.62. The summed E-state index contributed by atoms with van der Waals surface area (Å²) in [4.78, 5) is 44.7. The number of carboxylic acids is 1. The molecule has 0 radical (unpaired) electrons. The molecule has 1 aliphatic heterocycles. The summed E-state index contributed by atoms with van der Waals surface area (Å²) < 4.78 is 28.1. The van der Waals surface area contributed by atoms with Gasteiger partial charge in [0.1, 0.15) is 11.4 Å². The second-order valence-electron chi connectivity index (χ2n) is 13.5. The van der Waals surface area contributed by atoms with Crippen molar-refractivity contribution in [3.05, 3.63) is 70.8 Å². The largest absolute Gasteiger partial charge is 0.481 e. The molecule has 0 saturated heterocycles. The summed E-state index contributed by atoms with van der Waals surface area (Å²) >= 11 is 0. The number of amides is 2. The maximum Gasteiger partial charge on any atom is 0.305 e. The number of hydrogen-bond acceptors (Lipinski definition) is 4. The lowest BCUT2D eigenvalue weighted by molar-refractivity contribution is -0.137. The standard InChI is InChI=1S/C34H43F2N3O4/c1-21(2)22-12-17-34(18-13-22)38-30(25-10-11-26(35)27(36)20-25)32(43)39(34)28(14-16-33(3,4)5)23-6-8-24(9-7-23)31(42)37-19-15-29(40)41/h6-11,20-22,28H,12-19H2,1-5H3,(H,37,42)(H,40,41)/t22?,28-,34?/m1/s1. The molecule has 232 valence electrons. The molecule has 1 fully saturated rings. The van der Waals surface area contributed by atoms with Crippen molar-refractivity contribution in [3.63, 3.8) is 0 Å². The van der Waals surface area contributed by atoms with Crippen LogP contribution in [0.2, 0.25) is 0 Å². The molecular formula is C34H43F2N3O4. The summed E-state index contributed by atoms with van der Waals surface area (Å²) in [5.74, 6) is -2.65. The molecular weight excluding hydrogens is 552 g/mol. The van der Waals surface area contributed by atoms with Gasteiger partial charge in [0.05, 0.1) is 12.5 Å². The van der Waals surface area contributed by atoms with Gasteiger partial charge in [-0.25, -0.2) is 8.78 Å². The average Bonchev–Trinajstić information content (AvgIpc) is 3.21. The van der Waals surface area contributed by atoms with E-state index >= 15 is 0 Å². The molecule has 0 unspecified atom stereocenters. The van der Waals surface area contributed by atoms with Crippen molar-refractivity contribution in [1.82, 2.24) is 10.2 Å². The van der Waals surface area contributed by atoms with Crippen LogP contribution in [0.25, 0.3) is 0 Å². The fourth-order valence-electron chi connectivity index (χ4n) is 6.25. The third-order valence-corrected chi connectivity index (χ3v) is 8.82. The Kier molecular flexibility index (Phi) is 9.72. The van der Waals surface area contributed by atoms with Crippen molar-refractivity contribution >= 4 is 23.5 Å². The van der Waals surface area contributed by atoms with E-state index in [0.717, 1.165) is 37.0 Å². The zero-order chi connectivity index (χ0) is 31.5. The SMILES string of the molecule is CC(C)C1CCC2(CC1)N=C(c1ccc(F)c(F)c1)C(=O)N2[C@H](CCC(C)(C)C)c1ccc(C(=O)NCCC(=O)O)cc1. The summed E-state index contributed by atoms with van der Waals surface area (Å²) in [6, 6.07) is 10.2. The number of benzene rings is 2. The molecule has 9 heteroatoms. The first-order chi connectivity index (χ1) is 20.2. The van der Waals surface area contributed by atoms with Gasteiger partial charge in [-0.05, 0) is 91.7 Å². The quantitative estimate of drug-likeness (QED) is 0.312. The minimum absolute atomic E-state index is 0.0166. The van der Waals surface area contributed by atoms with E-state index in [-0.39, 0.29) is 47.5 Å². The van der Waals surface area contributed by atoms with E-state index in [2.05, 4.69) is 39.9 Å². The highest BCUT2D eigenvalue weighted by Gasteiger charge is 2.52. The number of nitrogens with one attached hydrogen (secondary N) is 1. The number of nitrogens with zero attached hydrogens (tertiary/aromatic N) is 2. The summed E-state index contributed by atoms with van der Waals surface area (Å²) in [5, 5.41) is 11.5. The van der Waals surface area contributed by atoms with E-state index in [4.69, 9.17) is 10.1 Å². The van der Waals surface area contributed by atoms with Gasteiger partial charge in [0.25, 0.3) is 11.8 Å². The lowest BCUT2D eigenvalue weighted by Crippen LogP contribution is -2.51. The number of rotatable bonds is 10. The van der Waals surface area contributed by atoms with E-state index in [0.29, 0.717) is 36.7 Å². The first-order valence-electron chi connectivity index (χ1n) is 15.2. The molecule has 1 heterocycles. The number of hydrogen-bond donors (Lipinski definition) is 2. The van der Waals surface area contributed by atoms with Gasteiger partial charge in [-0.15, -0.1) is 0 Å². The Morgan fingerprint density at radius 3 is 2.28 bits per heavy atom. The van der Waals surface area contributed by atoms with Crippen LogP contribution in [0.4, 0.5) is 8.78 Å².